The number of para-hydroxylation sites is 1. The molecule has 0 bridgehead atoms. The van der Waals surface area contributed by atoms with E-state index in [9.17, 15) is 4.79 Å². The summed E-state index contributed by atoms with van der Waals surface area (Å²) < 4.78 is 0. The number of nitrogens with two attached hydrogens (primary N) is 1. The number of nitrogens with zero attached hydrogens (tertiary/aromatic N) is 2. The highest BCUT2D eigenvalue weighted by Crippen LogP contribution is 2.27. The third-order valence-corrected chi connectivity index (χ3v) is 3.60. The first kappa shape index (κ1) is 13.5. The molecule has 1 amide bonds. The SMILES string of the molecule is CCN1C(=O)[C@@H](N)N=C(c2ccccc2)c2ccccc21. The zero-order chi connectivity index (χ0) is 14.8. The number of amides is 1. The van der Waals surface area contributed by atoms with Crippen molar-refractivity contribution in [2.45, 2.75) is 13.1 Å². The fourth-order valence-electron chi connectivity index (χ4n) is 2.60. The third kappa shape index (κ3) is 2.34. The van der Waals surface area contributed by atoms with Crippen molar-refractivity contribution in [3.63, 3.8) is 0 Å². The van der Waals surface area contributed by atoms with Crippen molar-refractivity contribution in [3.8, 4) is 0 Å². The van der Waals surface area contributed by atoms with E-state index in [-0.39, 0.29) is 5.91 Å². The minimum atomic E-state index is -0.868. The molecule has 1 atom stereocenters. The van der Waals surface area contributed by atoms with Crippen LogP contribution >= 0.6 is 0 Å². The summed E-state index contributed by atoms with van der Waals surface area (Å²) in [6.45, 7) is 2.51. The van der Waals surface area contributed by atoms with E-state index in [1.165, 1.54) is 0 Å². The van der Waals surface area contributed by atoms with E-state index < -0.39 is 6.17 Å². The van der Waals surface area contributed by atoms with Crippen LogP contribution in [0, 0.1) is 0 Å². The zero-order valence-electron chi connectivity index (χ0n) is 11.9. The molecule has 2 aromatic carbocycles. The number of fused-ring (bicyclic) bond motifs is 1. The number of rotatable bonds is 2. The zero-order valence-corrected chi connectivity index (χ0v) is 11.9. The van der Waals surface area contributed by atoms with Crippen LogP contribution in [-0.2, 0) is 4.79 Å². The number of carbonyl (C=O) groups excluding carboxylic acids is 1. The molecule has 0 saturated heterocycles. The van der Waals surface area contributed by atoms with Crippen molar-refractivity contribution in [3.05, 3.63) is 65.7 Å². The van der Waals surface area contributed by atoms with Gasteiger partial charge >= 0.3 is 0 Å². The summed E-state index contributed by atoms with van der Waals surface area (Å²) in [5, 5.41) is 0. The molecule has 2 aromatic rings. The van der Waals surface area contributed by atoms with Gasteiger partial charge in [-0.3, -0.25) is 9.79 Å². The van der Waals surface area contributed by atoms with Crippen molar-refractivity contribution in [1.82, 2.24) is 0 Å². The maximum atomic E-state index is 12.4. The summed E-state index contributed by atoms with van der Waals surface area (Å²) in [5.74, 6) is -0.170. The summed E-state index contributed by atoms with van der Waals surface area (Å²) in [7, 11) is 0. The first-order valence-electron chi connectivity index (χ1n) is 7.02. The molecule has 21 heavy (non-hydrogen) atoms. The van der Waals surface area contributed by atoms with E-state index in [0.29, 0.717) is 6.54 Å². The van der Waals surface area contributed by atoms with Gasteiger partial charge in [0.2, 0.25) is 0 Å². The molecule has 0 fully saturated rings. The normalized spacial score (nSPS) is 18.0. The van der Waals surface area contributed by atoms with Crippen LogP contribution in [0.25, 0.3) is 0 Å². The monoisotopic (exact) mass is 279 g/mol. The van der Waals surface area contributed by atoms with Gasteiger partial charge in [0.25, 0.3) is 5.91 Å². The largest absolute Gasteiger partial charge is 0.309 e. The molecule has 1 heterocycles. The Balaban J connectivity index is 2.24. The fourth-order valence-corrected chi connectivity index (χ4v) is 2.60. The van der Waals surface area contributed by atoms with Crippen molar-refractivity contribution in [1.29, 1.82) is 0 Å². The van der Waals surface area contributed by atoms with Gasteiger partial charge in [-0.15, -0.1) is 0 Å². The van der Waals surface area contributed by atoms with Crippen LogP contribution in [0.2, 0.25) is 0 Å². The van der Waals surface area contributed by atoms with Gasteiger partial charge in [0.1, 0.15) is 0 Å². The predicted octanol–water partition coefficient (Wildman–Crippen LogP) is 2.18. The van der Waals surface area contributed by atoms with Crippen molar-refractivity contribution < 1.29 is 4.79 Å². The van der Waals surface area contributed by atoms with E-state index in [1.54, 1.807) is 4.90 Å². The standard InChI is InChI=1S/C17H17N3O/c1-2-20-14-11-7-6-10-13(14)15(19-16(18)17(20)21)12-8-4-3-5-9-12/h3-11,16H,2,18H2,1H3/t16-/m0/s1. The average Bonchev–Trinajstić information content (AvgIpc) is 2.64. The molecule has 106 valence electrons. The Morgan fingerprint density at radius 2 is 1.76 bits per heavy atom. The number of hydrogen-bond acceptors (Lipinski definition) is 3. The van der Waals surface area contributed by atoms with Gasteiger partial charge in [0.05, 0.1) is 11.4 Å². The van der Waals surface area contributed by atoms with Gasteiger partial charge in [-0.05, 0) is 13.0 Å². The van der Waals surface area contributed by atoms with Gasteiger partial charge in [-0.1, -0.05) is 48.5 Å². The molecule has 0 radical (unpaired) electrons. The minimum Gasteiger partial charge on any atom is -0.309 e. The minimum absolute atomic E-state index is 0.170. The van der Waals surface area contributed by atoms with Gasteiger partial charge in [-0.2, -0.15) is 0 Å². The molecule has 0 unspecified atom stereocenters. The van der Waals surface area contributed by atoms with Crippen LogP contribution in [-0.4, -0.2) is 24.3 Å². The van der Waals surface area contributed by atoms with E-state index >= 15 is 0 Å². The second kappa shape index (κ2) is 5.50. The lowest BCUT2D eigenvalue weighted by atomic mass is 10.0. The quantitative estimate of drug-likeness (QED) is 0.916. The van der Waals surface area contributed by atoms with Crippen LogP contribution in [0.3, 0.4) is 0 Å². The number of benzodiazepines with no additional fused rings is 1. The van der Waals surface area contributed by atoms with Crippen LogP contribution in [0.15, 0.2) is 59.6 Å². The smallest absolute Gasteiger partial charge is 0.266 e. The highest BCUT2D eigenvalue weighted by atomic mass is 16.2. The highest BCUT2D eigenvalue weighted by Gasteiger charge is 2.28. The Labute approximate surface area is 123 Å². The fraction of sp³-hybridized carbons (Fsp3) is 0.176. The number of likely N-dealkylation sites (N-methyl/N-ethyl adjacent to an activating group) is 1. The number of aliphatic imine (C=N–C) groups is 1. The Morgan fingerprint density at radius 1 is 1.10 bits per heavy atom. The van der Waals surface area contributed by atoms with Gasteiger partial charge < -0.3 is 10.6 Å². The second-order valence-corrected chi connectivity index (χ2v) is 4.89. The highest BCUT2D eigenvalue weighted by molar-refractivity contribution is 6.20. The van der Waals surface area contributed by atoms with Gasteiger partial charge in [0, 0.05) is 17.7 Å². The number of carbonyl (C=O) groups is 1. The van der Waals surface area contributed by atoms with Crippen molar-refractivity contribution >= 4 is 17.3 Å². The molecule has 0 aliphatic carbocycles. The number of benzene rings is 2. The topological polar surface area (TPSA) is 58.7 Å². The molecule has 4 heteroatoms. The lowest BCUT2D eigenvalue weighted by Crippen LogP contribution is -2.42. The Morgan fingerprint density at radius 3 is 2.48 bits per heavy atom. The molecule has 0 aromatic heterocycles. The Kier molecular flexibility index (Phi) is 3.54. The van der Waals surface area contributed by atoms with E-state index in [4.69, 9.17) is 5.73 Å². The molecule has 3 rings (SSSR count). The van der Waals surface area contributed by atoms with Crippen molar-refractivity contribution in [2.24, 2.45) is 10.7 Å². The summed E-state index contributed by atoms with van der Waals surface area (Å²) in [5.41, 5.74) is 9.50. The first-order valence-corrected chi connectivity index (χ1v) is 7.02. The van der Waals surface area contributed by atoms with Gasteiger partial charge in [-0.25, -0.2) is 0 Å². The average molecular weight is 279 g/mol. The Hall–Kier alpha value is -2.46. The van der Waals surface area contributed by atoms with Gasteiger partial charge in [0.15, 0.2) is 6.17 Å². The first-order chi connectivity index (χ1) is 10.2. The van der Waals surface area contributed by atoms with Crippen LogP contribution in [0.4, 0.5) is 5.69 Å². The van der Waals surface area contributed by atoms with Crippen molar-refractivity contribution in [2.75, 3.05) is 11.4 Å². The number of anilines is 1. The van der Waals surface area contributed by atoms with Crippen LogP contribution in [0.1, 0.15) is 18.1 Å². The predicted molar refractivity (Wildman–Crippen MR) is 84.5 cm³/mol. The Bertz CT molecular complexity index is 694. The summed E-state index contributed by atoms with van der Waals surface area (Å²) >= 11 is 0. The molecule has 1 aliphatic heterocycles. The third-order valence-electron chi connectivity index (χ3n) is 3.60. The molecule has 0 spiro atoms. The summed E-state index contributed by atoms with van der Waals surface area (Å²) in [6.07, 6.45) is -0.868. The molecular formula is C17H17N3O. The maximum absolute atomic E-state index is 12.4. The van der Waals surface area contributed by atoms with E-state index in [2.05, 4.69) is 4.99 Å². The summed E-state index contributed by atoms with van der Waals surface area (Å²) in [4.78, 5) is 18.6. The molecule has 0 saturated carbocycles. The van der Waals surface area contributed by atoms with E-state index in [1.807, 2.05) is 61.5 Å². The number of hydrogen-bond donors (Lipinski definition) is 1. The maximum Gasteiger partial charge on any atom is 0.266 e. The van der Waals surface area contributed by atoms with Crippen LogP contribution < -0.4 is 10.6 Å². The second-order valence-electron chi connectivity index (χ2n) is 4.89. The van der Waals surface area contributed by atoms with Crippen LogP contribution in [0.5, 0.6) is 0 Å². The molecular weight excluding hydrogens is 262 g/mol. The molecule has 4 nitrogen and oxygen atoms in total. The lowest BCUT2D eigenvalue weighted by Gasteiger charge is -2.22. The summed E-state index contributed by atoms with van der Waals surface area (Å²) in [6, 6.07) is 17.6. The molecule has 1 aliphatic rings. The molecule has 2 N–H and O–H groups in total. The lowest BCUT2D eigenvalue weighted by molar-refractivity contribution is -0.119. The van der Waals surface area contributed by atoms with E-state index in [0.717, 1.165) is 22.5 Å².